The van der Waals surface area contributed by atoms with Crippen LogP contribution in [-0.2, 0) is 6.54 Å². The number of rotatable bonds is 2. The molecule has 13 heavy (non-hydrogen) atoms. The number of aryl methyl sites for hydroxylation is 2. The van der Waals surface area contributed by atoms with Crippen LogP contribution in [0.15, 0.2) is 17.1 Å². The van der Waals surface area contributed by atoms with Gasteiger partial charge in [0.1, 0.15) is 25.0 Å². The highest BCUT2D eigenvalue weighted by Crippen LogP contribution is 2.08. The van der Waals surface area contributed by atoms with Crippen LogP contribution in [0, 0.1) is 13.8 Å². The van der Waals surface area contributed by atoms with Crippen LogP contribution in [-0.4, -0.2) is 19.7 Å². The molecule has 0 amide bonds. The molecule has 5 heteroatoms. The topological polar surface area (TPSA) is 56.7 Å². The summed E-state index contributed by atoms with van der Waals surface area (Å²) in [6.45, 7) is 4.35. The Balaban J connectivity index is 2.19. The number of aromatic nitrogens is 4. The molecule has 2 heterocycles. The van der Waals surface area contributed by atoms with Gasteiger partial charge >= 0.3 is 0 Å². The Kier molecular flexibility index (Phi) is 1.84. The highest BCUT2D eigenvalue weighted by Gasteiger charge is 2.05. The van der Waals surface area contributed by atoms with Gasteiger partial charge in [0, 0.05) is 0 Å². The highest BCUT2D eigenvalue weighted by atomic mass is 16.4. The lowest BCUT2D eigenvalue weighted by molar-refractivity contribution is 0.446. The Hall–Kier alpha value is -1.65. The minimum absolute atomic E-state index is 0.536. The minimum Gasteiger partial charge on any atom is -0.444 e. The van der Waals surface area contributed by atoms with E-state index in [1.54, 1.807) is 11.0 Å². The van der Waals surface area contributed by atoms with Crippen LogP contribution < -0.4 is 0 Å². The van der Waals surface area contributed by atoms with Gasteiger partial charge < -0.3 is 4.42 Å². The van der Waals surface area contributed by atoms with E-state index in [2.05, 4.69) is 15.1 Å². The summed E-state index contributed by atoms with van der Waals surface area (Å²) in [6, 6.07) is 0. The van der Waals surface area contributed by atoms with Crippen LogP contribution in [0.2, 0.25) is 0 Å². The molecule has 0 aliphatic rings. The summed E-state index contributed by atoms with van der Waals surface area (Å²) in [7, 11) is 0. The minimum atomic E-state index is 0.536. The first-order valence-corrected chi connectivity index (χ1v) is 4.01. The van der Waals surface area contributed by atoms with Gasteiger partial charge in [-0.3, -0.25) is 0 Å². The summed E-state index contributed by atoms with van der Waals surface area (Å²) in [4.78, 5) is 8.06. The summed E-state index contributed by atoms with van der Waals surface area (Å²) >= 11 is 0. The molecule has 0 saturated carbocycles. The molecular formula is C8H10N4O. The molecule has 0 unspecified atom stereocenters. The van der Waals surface area contributed by atoms with Crippen molar-refractivity contribution < 1.29 is 4.42 Å². The molecule has 0 N–H and O–H groups in total. The van der Waals surface area contributed by atoms with Crippen molar-refractivity contribution in [2.45, 2.75) is 20.4 Å². The number of nitrogens with zero attached hydrogens (tertiary/aromatic N) is 4. The predicted octanol–water partition coefficient (Wildman–Crippen LogP) is 0.931. The Morgan fingerprint density at radius 1 is 1.46 bits per heavy atom. The van der Waals surface area contributed by atoms with Crippen LogP contribution >= 0.6 is 0 Å². The van der Waals surface area contributed by atoms with Gasteiger partial charge in [0.05, 0.1) is 5.69 Å². The molecule has 0 fully saturated rings. The first-order chi connectivity index (χ1) is 6.25. The fourth-order valence-electron chi connectivity index (χ4n) is 1.06. The largest absolute Gasteiger partial charge is 0.444 e. The lowest BCUT2D eigenvalue weighted by Gasteiger charge is -1.93. The molecule has 2 rings (SSSR count). The Morgan fingerprint density at radius 2 is 2.31 bits per heavy atom. The third-order valence-corrected chi connectivity index (χ3v) is 1.84. The van der Waals surface area contributed by atoms with Crippen molar-refractivity contribution in [3.05, 3.63) is 30.0 Å². The van der Waals surface area contributed by atoms with Crippen molar-refractivity contribution in [2.75, 3.05) is 0 Å². The standard InChI is InChI=1S/C8H10N4O/c1-6-7(2)13-8(11-6)3-12-5-9-4-10-12/h4-5H,3H2,1-2H3. The maximum atomic E-state index is 5.39. The van der Waals surface area contributed by atoms with Crippen molar-refractivity contribution in [3.8, 4) is 0 Å². The van der Waals surface area contributed by atoms with Gasteiger partial charge in [0.2, 0.25) is 5.89 Å². The van der Waals surface area contributed by atoms with E-state index >= 15 is 0 Å². The predicted molar refractivity (Wildman–Crippen MR) is 45.1 cm³/mol. The quantitative estimate of drug-likeness (QED) is 0.686. The molecule has 0 aliphatic carbocycles. The summed E-state index contributed by atoms with van der Waals surface area (Å²) in [5.74, 6) is 1.52. The molecule has 0 saturated heterocycles. The van der Waals surface area contributed by atoms with Crippen molar-refractivity contribution in [1.29, 1.82) is 0 Å². The molecular weight excluding hydrogens is 168 g/mol. The summed E-state index contributed by atoms with van der Waals surface area (Å²) in [6.07, 6.45) is 3.12. The van der Waals surface area contributed by atoms with E-state index in [1.807, 2.05) is 13.8 Å². The second kappa shape index (κ2) is 3.01. The first-order valence-electron chi connectivity index (χ1n) is 4.01. The number of hydrogen-bond acceptors (Lipinski definition) is 4. The van der Waals surface area contributed by atoms with Crippen molar-refractivity contribution in [2.24, 2.45) is 0 Å². The number of oxazole rings is 1. The van der Waals surface area contributed by atoms with E-state index in [4.69, 9.17) is 4.42 Å². The third kappa shape index (κ3) is 1.58. The molecule has 2 aromatic heterocycles. The Bertz CT molecular complexity index is 371. The molecule has 0 atom stereocenters. The molecule has 5 nitrogen and oxygen atoms in total. The van der Waals surface area contributed by atoms with Crippen LogP contribution in [0.3, 0.4) is 0 Å². The van der Waals surface area contributed by atoms with E-state index in [9.17, 15) is 0 Å². The number of hydrogen-bond donors (Lipinski definition) is 0. The zero-order valence-corrected chi connectivity index (χ0v) is 7.56. The fraction of sp³-hybridized carbons (Fsp3) is 0.375. The van der Waals surface area contributed by atoms with Crippen molar-refractivity contribution in [1.82, 2.24) is 19.7 Å². The third-order valence-electron chi connectivity index (χ3n) is 1.84. The maximum absolute atomic E-state index is 5.39. The molecule has 0 aromatic carbocycles. The van der Waals surface area contributed by atoms with E-state index in [1.165, 1.54) is 6.33 Å². The van der Waals surface area contributed by atoms with Gasteiger partial charge in [-0.1, -0.05) is 0 Å². The summed E-state index contributed by atoms with van der Waals surface area (Å²) in [5, 5.41) is 3.96. The lowest BCUT2D eigenvalue weighted by atomic mass is 10.4. The van der Waals surface area contributed by atoms with Crippen LogP contribution in [0.5, 0.6) is 0 Å². The molecule has 2 aromatic rings. The lowest BCUT2D eigenvalue weighted by Crippen LogP contribution is -1.99. The average molecular weight is 178 g/mol. The van der Waals surface area contributed by atoms with Gasteiger partial charge in [0.25, 0.3) is 0 Å². The van der Waals surface area contributed by atoms with Crippen molar-refractivity contribution in [3.63, 3.8) is 0 Å². The van der Waals surface area contributed by atoms with Gasteiger partial charge in [-0.15, -0.1) is 0 Å². The zero-order valence-electron chi connectivity index (χ0n) is 7.56. The highest BCUT2D eigenvalue weighted by molar-refractivity contribution is 5.05. The smallest absolute Gasteiger partial charge is 0.216 e. The van der Waals surface area contributed by atoms with Crippen LogP contribution in [0.25, 0.3) is 0 Å². The second-order valence-electron chi connectivity index (χ2n) is 2.84. The fourth-order valence-corrected chi connectivity index (χ4v) is 1.06. The van der Waals surface area contributed by atoms with E-state index in [-0.39, 0.29) is 0 Å². The SMILES string of the molecule is Cc1nc(Cn2cncn2)oc1C. The zero-order chi connectivity index (χ0) is 9.26. The van der Waals surface area contributed by atoms with Gasteiger partial charge in [-0.05, 0) is 13.8 Å². The molecule has 68 valence electrons. The van der Waals surface area contributed by atoms with Gasteiger partial charge in [-0.25, -0.2) is 14.6 Å². The monoisotopic (exact) mass is 178 g/mol. The molecule has 0 aliphatic heterocycles. The van der Waals surface area contributed by atoms with Gasteiger partial charge in [-0.2, -0.15) is 5.10 Å². The van der Waals surface area contributed by atoms with E-state index < -0.39 is 0 Å². The van der Waals surface area contributed by atoms with Crippen LogP contribution in [0.1, 0.15) is 17.3 Å². The normalized spacial score (nSPS) is 10.6. The van der Waals surface area contributed by atoms with E-state index in [0.717, 1.165) is 11.5 Å². The van der Waals surface area contributed by atoms with E-state index in [0.29, 0.717) is 12.4 Å². The first kappa shape index (κ1) is 7.97. The molecule has 0 bridgehead atoms. The molecule has 0 radical (unpaired) electrons. The second-order valence-corrected chi connectivity index (χ2v) is 2.84. The van der Waals surface area contributed by atoms with Crippen molar-refractivity contribution >= 4 is 0 Å². The summed E-state index contributed by atoms with van der Waals surface area (Å²) in [5.41, 5.74) is 0.926. The van der Waals surface area contributed by atoms with Crippen LogP contribution in [0.4, 0.5) is 0 Å². The molecule has 0 spiro atoms. The average Bonchev–Trinajstić information content (AvgIpc) is 2.64. The van der Waals surface area contributed by atoms with Gasteiger partial charge in [0.15, 0.2) is 0 Å². The maximum Gasteiger partial charge on any atom is 0.216 e. The Morgan fingerprint density at radius 3 is 2.85 bits per heavy atom. The summed E-state index contributed by atoms with van der Waals surface area (Å²) < 4.78 is 7.06. The Labute approximate surface area is 75.4 Å².